The van der Waals surface area contributed by atoms with Gasteiger partial charge in [-0.05, 0) is 12.8 Å². The lowest BCUT2D eigenvalue weighted by Gasteiger charge is -2.22. The monoisotopic (exact) mass is 321 g/mol. The molecular weight excluding hydrogens is 299 g/mol. The first-order valence-corrected chi connectivity index (χ1v) is 8.65. The predicted molar refractivity (Wildman–Crippen MR) is 79.4 cm³/mol. The minimum absolute atomic E-state index is 0.0793. The van der Waals surface area contributed by atoms with E-state index in [9.17, 15) is 14.6 Å². The van der Waals surface area contributed by atoms with Crippen LogP contribution in [0.4, 0.5) is 0 Å². The summed E-state index contributed by atoms with van der Waals surface area (Å²) in [5.74, 6) is 0. The van der Waals surface area contributed by atoms with Gasteiger partial charge in [-0.3, -0.25) is 9.05 Å². The third-order valence-electron chi connectivity index (χ3n) is 3.70. The molecule has 7 atom stereocenters. The van der Waals surface area contributed by atoms with Gasteiger partial charge in [0.05, 0.1) is 24.9 Å². The molecule has 2 rings (SSSR count). The summed E-state index contributed by atoms with van der Waals surface area (Å²) in [5, 5.41) is 9.70. The van der Waals surface area contributed by atoms with Crippen LogP contribution in [0.25, 0.3) is 0 Å². The average Bonchev–Trinajstić information content (AvgIpc) is 2.88. The van der Waals surface area contributed by atoms with Crippen LogP contribution in [0.1, 0.15) is 12.8 Å². The standard InChI is InChI=1S/C10H22B2NO7P/c11-9-1-5(14)8(19-9)4-17-21(15,16)20-6-2-10(12)18-7(6)3-13/h5-10,14H,1-4,11-13H2,(H,15,16)/t5-,6-,7?,8?,9-,10-/m1/s1. The minimum Gasteiger partial charge on any atom is -0.390 e. The Kier molecular flexibility index (Phi) is 5.90. The maximum Gasteiger partial charge on any atom is 0.472 e. The van der Waals surface area contributed by atoms with E-state index >= 15 is 0 Å². The van der Waals surface area contributed by atoms with Crippen LogP contribution in [-0.2, 0) is 23.1 Å². The van der Waals surface area contributed by atoms with Crippen molar-refractivity contribution in [1.82, 2.24) is 0 Å². The van der Waals surface area contributed by atoms with Crippen molar-refractivity contribution in [3.63, 3.8) is 0 Å². The molecule has 2 aliphatic rings. The molecule has 0 aliphatic carbocycles. The fourth-order valence-electron chi connectivity index (χ4n) is 2.69. The highest BCUT2D eigenvalue weighted by Gasteiger charge is 2.40. The number of hydrogen-bond donors (Lipinski definition) is 3. The Morgan fingerprint density at radius 2 is 1.86 bits per heavy atom. The number of aliphatic hydroxyl groups is 1. The summed E-state index contributed by atoms with van der Waals surface area (Å²) in [4.78, 5) is 9.76. The largest absolute Gasteiger partial charge is 0.472 e. The van der Waals surface area contributed by atoms with Gasteiger partial charge >= 0.3 is 7.82 Å². The molecule has 2 saturated heterocycles. The molecule has 0 aromatic rings. The van der Waals surface area contributed by atoms with Crippen LogP contribution in [-0.4, -0.2) is 75.3 Å². The number of phosphoric acid groups is 1. The lowest BCUT2D eigenvalue weighted by molar-refractivity contribution is -0.0156. The van der Waals surface area contributed by atoms with Gasteiger partial charge in [0.25, 0.3) is 0 Å². The first-order valence-electron chi connectivity index (χ1n) is 7.15. The molecule has 0 aromatic carbocycles. The Labute approximate surface area is 125 Å². The van der Waals surface area contributed by atoms with Crippen molar-refractivity contribution in [3.8, 4) is 0 Å². The van der Waals surface area contributed by atoms with Gasteiger partial charge in [-0.25, -0.2) is 4.57 Å². The van der Waals surface area contributed by atoms with Gasteiger partial charge in [0, 0.05) is 18.6 Å². The molecule has 120 valence electrons. The molecule has 21 heavy (non-hydrogen) atoms. The second-order valence-electron chi connectivity index (χ2n) is 5.65. The van der Waals surface area contributed by atoms with E-state index in [4.69, 9.17) is 24.3 Å². The Hall–Kier alpha value is 0.0799. The Morgan fingerprint density at radius 1 is 1.24 bits per heavy atom. The number of aliphatic hydroxyl groups excluding tert-OH is 1. The van der Waals surface area contributed by atoms with Gasteiger partial charge in [0.15, 0.2) is 0 Å². The maximum atomic E-state index is 12.0. The summed E-state index contributed by atoms with van der Waals surface area (Å²) in [7, 11) is -0.577. The topological polar surface area (TPSA) is 120 Å². The Bertz CT molecular complexity index is 404. The van der Waals surface area contributed by atoms with Crippen LogP contribution >= 0.6 is 7.82 Å². The van der Waals surface area contributed by atoms with E-state index in [1.807, 2.05) is 15.7 Å². The second kappa shape index (κ2) is 7.10. The summed E-state index contributed by atoms with van der Waals surface area (Å²) in [6.07, 6.45) is -1.35. The normalized spacial score (nSPS) is 43.0. The van der Waals surface area contributed by atoms with Gasteiger partial charge in [-0.1, -0.05) is 0 Å². The molecule has 0 radical (unpaired) electrons. The molecule has 8 nitrogen and oxygen atoms in total. The lowest BCUT2D eigenvalue weighted by Crippen LogP contribution is -2.32. The highest BCUT2D eigenvalue weighted by Crippen LogP contribution is 2.47. The highest BCUT2D eigenvalue weighted by molar-refractivity contribution is 7.47. The number of phosphoric ester groups is 1. The molecule has 0 amide bonds. The zero-order valence-corrected chi connectivity index (χ0v) is 13.1. The SMILES string of the molecule is B[C@H]1C[C@@H](O)C(COP(=O)(O)O[C@@H]2C[C@H](B)OC2CN)O1. The van der Waals surface area contributed by atoms with Gasteiger partial charge in [0.2, 0.25) is 0 Å². The molecule has 11 heteroatoms. The van der Waals surface area contributed by atoms with Crippen LogP contribution < -0.4 is 5.73 Å². The number of ether oxygens (including phenoxy) is 2. The van der Waals surface area contributed by atoms with E-state index in [0.29, 0.717) is 12.8 Å². The summed E-state index contributed by atoms with van der Waals surface area (Å²) < 4.78 is 32.9. The number of rotatable bonds is 6. The smallest absolute Gasteiger partial charge is 0.390 e. The summed E-state index contributed by atoms with van der Waals surface area (Å²) in [5.41, 5.74) is 5.54. The maximum absolute atomic E-state index is 12.0. The van der Waals surface area contributed by atoms with Gasteiger partial charge in [-0.2, -0.15) is 0 Å². The van der Waals surface area contributed by atoms with E-state index in [-0.39, 0.29) is 25.2 Å². The van der Waals surface area contributed by atoms with Crippen LogP contribution in [0.15, 0.2) is 0 Å². The summed E-state index contributed by atoms with van der Waals surface area (Å²) in [6, 6.07) is -0.178. The molecule has 0 spiro atoms. The summed E-state index contributed by atoms with van der Waals surface area (Å²) >= 11 is 0. The van der Waals surface area contributed by atoms with E-state index < -0.39 is 32.2 Å². The predicted octanol–water partition coefficient (Wildman–Crippen LogP) is -2.70. The van der Waals surface area contributed by atoms with Crippen molar-refractivity contribution in [1.29, 1.82) is 0 Å². The molecule has 4 N–H and O–H groups in total. The van der Waals surface area contributed by atoms with Crippen molar-refractivity contribution in [3.05, 3.63) is 0 Å². The average molecular weight is 321 g/mol. The van der Waals surface area contributed by atoms with Crippen molar-refractivity contribution < 1.29 is 33.1 Å². The van der Waals surface area contributed by atoms with Crippen LogP contribution in [0, 0.1) is 0 Å². The third-order valence-corrected chi connectivity index (χ3v) is 4.71. The lowest BCUT2D eigenvalue weighted by atomic mass is 9.96. The fourth-order valence-corrected chi connectivity index (χ4v) is 3.65. The first-order chi connectivity index (χ1) is 9.80. The molecule has 2 heterocycles. The second-order valence-corrected chi connectivity index (χ2v) is 7.06. The van der Waals surface area contributed by atoms with Crippen LogP contribution in [0.3, 0.4) is 0 Å². The Balaban J connectivity index is 1.83. The first kappa shape index (κ1) is 17.4. The Morgan fingerprint density at radius 3 is 2.43 bits per heavy atom. The molecule has 0 bridgehead atoms. The van der Waals surface area contributed by atoms with Gasteiger partial charge < -0.3 is 25.2 Å². The molecule has 0 aromatic heterocycles. The quantitative estimate of drug-likeness (QED) is 0.357. The van der Waals surface area contributed by atoms with Crippen molar-refractivity contribution in [2.75, 3.05) is 13.2 Å². The number of nitrogens with two attached hydrogens (primary N) is 1. The zero-order chi connectivity index (χ0) is 15.6. The molecule has 0 saturated carbocycles. The van der Waals surface area contributed by atoms with Gasteiger partial charge in [0.1, 0.15) is 21.8 Å². The molecule has 3 unspecified atom stereocenters. The molecule has 2 fully saturated rings. The van der Waals surface area contributed by atoms with E-state index in [1.54, 1.807) is 0 Å². The minimum atomic E-state index is -4.24. The molecular formula is C10H22B2NO7P. The van der Waals surface area contributed by atoms with Crippen molar-refractivity contribution >= 4 is 23.5 Å². The number of hydrogen-bond acceptors (Lipinski definition) is 7. The van der Waals surface area contributed by atoms with E-state index in [2.05, 4.69) is 0 Å². The van der Waals surface area contributed by atoms with Crippen LogP contribution in [0.2, 0.25) is 0 Å². The van der Waals surface area contributed by atoms with Crippen LogP contribution in [0.5, 0.6) is 0 Å². The summed E-state index contributed by atoms with van der Waals surface area (Å²) in [6.45, 7) is 0.00663. The van der Waals surface area contributed by atoms with Gasteiger partial charge in [-0.15, -0.1) is 0 Å². The van der Waals surface area contributed by atoms with Crippen molar-refractivity contribution in [2.24, 2.45) is 5.73 Å². The zero-order valence-electron chi connectivity index (χ0n) is 12.3. The highest BCUT2D eigenvalue weighted by atomic mass is 31.2. The fraction of sp³-hybridized carbons (Fsp3) is 1.00. The third kappa shape index (κ3) is 4.77. The van der Waals surface area contributed by atoms with Crippen molar-refractivity contribution in [2.45, 2.75) is 49.3 Å². The van der Waals surface area contributed by atoms with E-state index in [0.717, 1.165) is 0 Å². The van der Waals surface area contributed by atoms with E-state index in [1.165, 1.54) is 0 Å². The molecule has 2 aliphatic heterocycles.